The molecule has 2 heterocycles. The van der Waals surface area contributed by atoms with Crippen LogP contribution in [0.5, 0.6) is 0 Å². The molecule has 2 atom stereocenters. The maximum absolute atomic E-state index is 12.5. The minimum Gasteiger partial charge on any atom is -0.369 e. The van der Waals surface area contributed by atoms with Crippen molar-refractivity contribution in [2.24, 2.45) is 0 Å². The number of ether oxygens (including phenoxy) is 1. The lowest BCUT2D eigenvalue weighted by atomic mass is 10.1. The first-order chi connectivity index (χ1) is 10.9. The van der Waals surface area contributed by atoms with Crippen LogP contribution in [0.4, 0.5) is 0 Å². The Morgan fingerprint density at radius 1 is 1.48 bits per heavy atom. The number of nitrogens with zero attached hydrogens (tertiary/aromatic N) is 3. The van der Waals surface area contributed by atoms with Crippen LogP contribution in [0.2, 0.25) is 0 Å². The number of carbonyl (C=O) groups is 1. The second kappa shape index (κ2) is 7.44. The van der Waals surface area contributed by atoms with Gasteiger partial charge in [-0.15, -0.1) is 0 Å². The molecule has 0 bridgehead atoms. The van der Waals surface area contributed by atoms with Crippen molar-refractivity contribution < 1.29 is 17.9 Å². The van der Waals surface area contributed by atoms with Crippen molar-refractivity contribution in [3.05, 3.63) is 18.0 Å². The fraction of sp³-hybridized carbons (Fsp3) is 0.733. The Bertz CT molecular complexity index is 641. The number of aryl methyl sites for hydroxylation is 1. The molecule has 0 aromatic carbocycles. The monoisotopic (exact) mass is 343 g/mol. The van der Waals surface area contributed by atoms with Crippen LogP contribution in [-0.2, 0) is 25.9 Å². The summed E-state index contributed by atoms with van der Waals surface area (Å²) < 4.78 is 31.2. The Morgan fingerprint density at radius 3 is 2.83 bits per heavy atom. The van der Waals surface area contributed by atoms with Gasteiger partial charge >= 0.3 is 0 Å². The van der Waals surface area contributed by atoms with E-state index < -0.39 is 15.9 Å². The third-order valence-corrected chi connectivity index (χ3v) is 5.81. The molecule has 2 rings (SSSR count). The molecule has 130 valence electrons. The Balaban J connectivity index is 2.16. The van der Waals surface area contributed by atoms with Crippen LogP contribution in [-0.4, -0.2) is 59.8 Å². The third kappa shape index (κ3) is 4.54. The average Bonchev–Trinajstić information content (AvgIpc) is 3.00. The lowest BCUT2D eigenvalue weighted by molar-refractivity contribution is -0.140. The number of rotatable bonds is 6. The maximum atomic E-state index is 12.5. The fourth-order valence-electron chi connectivity index (χ4n) is 2.52. The second-order valence-corrected chi connectivity index (χ2v) is 8.11. The molecule has 1 aliphatic heterocycles. The van der Waals surface area contributed by atoms with E-state index in [4.69, 9.17) is 4.74 Å². The maximum Gasteiger partial charge on any atom is 0.249 e. The van der Waals surface area contributed by atoms with Crippen molar-refractivity contribution in [3.8, 4) is 0 Å². The first-order valence-corrected chi connectivity index (χ1v) is 9.82. The third-order valence-electron chi connectivity index (χ3n) is 4.18. The predicted molar refractivity (Wildman–Crippen MR) is 86.7 cm³/mol. The van der Waals surface area contributed by atoms with Gasteiger partial charge in [-0.2, -0.15) is 5.10 Å². The number of carbonyl (C=O) groups excluding carboxylic acids is 1. The van der Waals surface area contributed by atoms with E-state index in [1.165, 1.54) is 0 Å². The van der Waals surface area contributed by atoms with Gasteiger partial charge in [-0.3, -0.25) is 9.48 Å². The molecule has 0 N–H and O–H groups in total. The summed E-state index contributed by atoms with van der Waals surface area (Å²) in [6.07, 6.45) is 4.29. The van der Waals surface area contributed by atoms with Gasteiger partial charge in [-0.25, -0.2) is 8.42 Å². The Hall–Kier alpha value is -1.41. The topological polar surface area (TPSA) is 81.5 Å². The van der Waals surface area contributed by atoms with E-state index in [1.807, 2.05) is 20.8 Å². The molecule has 1 aliphatic rings. The highest BCUT2D eigenvalue weighted by Gasteiger charge is 2.35. The molecule has 0 radical (unpaired) electrons. The van der Waals surface area contributed by atoms with E-state index >= 15 is 0 Å². The van der Waals surface area contributed by atoms with Crippen LogP contribution in [0.25, 0.3) is 0 Å². The Labute approximate surface area is 137 Å². The molecule has 7 nitrogen and oxygen atoms in total. The molecule has 8 heteroatoms. The predicted octanol–water partition coefficient (Wildman–Crippen LogP) is 1.02. The van der Waals surface area contributed by atoms with Gasteiger partial charge in [0.2, 0.25) is 5.91 Å². The fourth-order valence-corrected chi connectivity index (χ4v) is 4.02. The van der Waals surface area contributed by atoms with Crippen LogP contribution in [0.1, 0.15) is 38.8 Å². The van der Waals surface area contributed by atoms with Crippen molar-refractivity contribution in [2.45, 2.75) is 45.9 Å². The van der Waals surface area contributed by atoms with Gasteiger partial charge in [0, 0.05) is 24.8 Å². The minimum atomic E-state index is -3.15. The summed E-state index contributed by atoms with van der Waals surface area (Å²) in [5, 5.41) is 4.19. The quantitative estimate of drug-likeness (QED) is 0.770. The molecule has 0 unspecified atom stereocenters. The zero-order valence-corrected chi connectivity index (χ0v) is 14.8. The summed E-state index contributed by atoms with van der Waals surface area (Å²) in [7, 11) is -3.15. The number of amides is 1. The van der Waals surface area contributed by atoms with Gasteiger partial charge in [0.1, 0.15) is 6.61 Å². The van der Waals surface area contributed by atoms with Crippen molar-refractivity contribution in [2.75, 3.05) is 24.7 Å². The summed E-state index contributed by atoms with van der Waals surface area (Å²) >= 11 is 0. The second-order valence-electron chi connectivity index (χ2n) is 5.88. The van der Waals surface area contributed by atoms with Gasteiger partial charge in [-0.1, -0.05) is 6.92 Å². The summed E-state index contributed by atoms with van der Waals surface area (Å²) in [5.41, 5.74) is 0.756. The van der Waals surface area contributed by atoms with Crippen molar-refractivity contribution >= 4 is 15.7 Å². The zero-order chi connectivity index (χ0) is 17.0. The first kappa shape index (κ1) is 17.9. The molecule has 1 amide bonds. The van der Waals surface area contributed by atoms with Crippen molar-refractivity contribution in [3.63, 3.8) is 0 Å². The SMILES string of the molecule is CC[C@@H](C)OCC(=O)N1CCS(=O)(=O)C[C@@H]1c1cnn(CC)c1. The lowest BCUT2D eigenvalue weighted by Crippen LogP contribution is -2.47. The zero-order valence-electron chi connectivity index (χ0n) is 13.9. The number of hydrogen-bond acceptors (Lipinski definition) is 5. The molecule has 1 saturated heterocycles. The van der Waals surface area contributed by atoms with Crippen LogP contribution >= 0.6 is 0 Å². The molecule has 0 spiro atoms. The molecule has 1 aromatic rings. The first-order valence-electron chi connectivity index (χ1n) is 8.00. The molecule has 1 aromatic heterocycles. The molecule has 0 saturated carbocycles. The molecular formula is C15H25N3O4S. The molecule has 1 fully saturated rings. The summed E-state index contributed by atoms with van der Waals surface area (Å²) in [6, 6.07) is -0.484. The van der Waals surface area contributed by atoms with Gasteiger partial charge in [-0.05, 0) is 20.3 Å². The standard InChI is InChI=1S/C15H25N3O4S/c1-4-12(3)22-10-15(19)18-6-7-23(20,21)11-14(18)13-8-16-17(5-2)9-13/h8-9,12,14H,4-7,10-11H2,1-3H3/t12-,14-/m1/s1. The minimum absolute atomic E-state index is 0.000482. The van der Waals surface area contributed by atoms with E-state index in [0.717, 1.165) is 12.0 Å². The van der Waals surface area contributed by atoms with E-state index in [0.29, 0.717) is 6.54 Å². The summed E-state index contributed by atoms with van der Waals surface area (Å²) in [6.45, 7) is 6.74. The number of hydrogen-bond donors (Lipinski definition) is 0. The van der Waals surface area contributed by atoms with Gasteiger partial charge in [0.05, 0.1) is 29.8 Å². The number of sulfone groups is 1. The van der Waals surface area contributed by atoms with Crippen molar-refractivity contribution in [1.29, 1.82) is 0 Å². The normalized spacial score (nSPS) is 22.0. The molecular weight excluding hydrogens is 318 g/mol. The van der Waals surface area contributed by atoms with Crippen LogP contribution in [0, 0.1) is 0 Å². The van der Waals surface area contributed by atoms with Crippen molar-refractivity contribution in [1.82, 2.24) is 14.7 Å². The van der Waals surface area contributed by atoms with E-state index in [2.05, 4.69) is 5.10 Å². The van der Waals surface area contributed by atoms with E-state index in [-0.39, 0.29) is 36.7 Å². The smallest absolute Gasteiger partial charge is 0.249 e. The lowest BCUT2D eigenvalue weighted by Gasteiger charge is -2.35. The summed E-state index contributed by atoms with van der Waals surface area (Å²) in [5.74, 6) is -0.229. The highest BCUT2D eigenvalue weighted by molar-refractivity contribution is 7.91. The molecule has 23 heavy (non-hydrogen) atoms. The van der Waals surface area contributed by atoms with E-state index in [1.54, 1.807) is 22.0 Å². The van der Waals surface area contributed by atoms with Crippen LogP contribution < -0.4 is 0 Å². The van der Waals surface area contributed by atoms with Gasteiger partial charge in [0.15, 0.2) is 9.84 Å². The van der Waals surface area contributed by atoms with Gasteiger partial charge < -0.3 is 9.64 Å². The average molecular weight is 343 g/mol. The van der Waals surface area contributed by atoms with Gasteiger partial charge in [0.25, 0.3) is 0 Å². The molecule has 0 aliphatic carbocycles. The number of aromatic nitrogens is 2. The summed E-state index contributed by atoms with van der Waals surface area (Å²) in [4.78, 5) is 14.1. The highest BCUT2D eigenvalue weighted by Crippen LogP contribution is 2.26. The largest absolute Gasteiger partial charge is 0.369 e. The Morgan fingerprint density at radius 2 is 2.22 bits per heavy atom. The van der Waals surface area contributed by atoms with Crippen LogP contribution in [0.15, 0.2) is 12.4 Å². The highest BCUT2D eigenvalue weighted by atomic mass is 32.2. The van der Waals surface area contributed by atoms with E-state index in [9.17, 15) is 13.2 Å². The Kier molecular flexibility index (Phi) is 5.80. The van der Waals surface area contributed by atoms with Crippen LogP contribution in [0.3, 0.4) is 0 Å².